The number of nitrogens with two attached hydrogens (primary N) is 1. The maximum absolute atomic E-state index is 13.0. The predicted molar refractivity (Wildman–Crippen MR) is 132 cm³/mol. The summed E-state index contributed by atoms with van der Waals surface area (Å²) in [5.74, 6) is -2.84. The molecule has 194 valence electrons. The molecule has 0 radical (unpaired) electrons. The Bertz CT molecular complexity index is 1060. The highest BCUT2D eigenvalue weighted by molar-refractivity contribution is 7.80. The molecule has 1 fully saturated rings. The Morgan fingerprint density at radius 2 is 1.89 bits per heavy atom. The number of nitrogens with zero attached hydrogens (tertiary/aromatic N) is 2. The highest BCUT2D eigenvalue weighted by Gasteiger charge is 2.37. The van der Waals surface area contributed by atoms with E-state index in [-0.39, 0.29) is 24.3 Å². The number of aromatic nitrogens is 2. The molecule has 13 heteroatoms. The molecule has 3 amide bonds. The van der Waals surface area contributed by atoms with Crippen LogP contribution in [0.4, 0.5) is 0 Å². The molecule has 1 saturated heterocycles. The molecular formula is C23H30N6O6S. The van der Waals surface area contributed by atoms with E-state index in [1.807, 2.05) is 0 Å². The van der Waals surface area contributed by atoms with Gasteiger partial charge in [0.1, 0.15) is 23.9 Å². The van der Waals surface area contributed by atoms with Gasteiger partial charge >= 0.3 is 5.97 Å². The summed E-state index contributed by atoms with van der Waals surface area (Å²) in [6, 6.07) is 2.32. The Hall–Kier alpha value is -3.58. The number of hydrogen-bond donors (Lipinski definition) is 7. The van der Waals surface area contributed by atoms with Crippen LogP contribution in [0.1, 0.15) is 24.1 Å². The molecule has 7 N–H and O–H groups in total. The van der Waals surface area contributed by atoms with Crippen molar-refractivity contribution in [3.63, 3.8) is 0 Å². The summed E-state index contributed by atoms with van der Waals surface area (Å²) in [5, 5.41) is 23.9. The molecular weight excluding hydrogens is 488 g/mol. The number of carbonyl (C=O) groups is 4. The number of aliphatic carboxylic acids is 1. The van der Waals surface area contributed by atoms with E-state index in [1.54, 1.807) is 12.1 Å². The second-order valence-electron chi connectivity index (χ2n) is 8.59. The van der Waals surface area contributed by atoms with Gasteiger partial charge in [0.15, 0.2) is 0 Å². The highest BCUT2D eigenvalue weighted by Crippen LogP contribution is 2.20. The summed E-state index contributed by atoms with van der Waals surface area (Å²) in [6.45, 7) is 0.350. The number of thiol groups is 1. The Morgan fingerprint density at radius 3 is 2.50 bits per heavy atom. The van der Waals surface area contributed by atoms with Gasteiger partial charge in [-0.2, -0.15) is 12.6 Å². The first kappa shape index (κ1) is 27.0. The van der Waals surface area contributed by atoms with Gasteiger partial charge in [-0.25, -0.2) is 9.78 Å². The molecule has 1 aliphatic heterocycles. The number of nitrogens with one attached hydrogen (secondary N) is 3. The second-order valence-corrected chi connectivity index (χ2v) is 8.96. The standard InChI is InChI=1S/C23H30N6O6S/c24-16(8-13-3-5-15(30)6-4-13)22(33)29-7-1-2-19(29)21(32)28-18(11-36)20(31)27-17(23(34)35)9-14-10-25-12-26-14/h3-6,10,12,16-19,30,36H,1-2,7-9,11,24H2,(H,25,26)(H,27,31)(H,28,32)(H,34,35). The average molecular weight is 519 g/mol. The van der Waals surface area contributed by atoms with Gasteiger partial charge < -0.3 is 36.5 Å². The molecule has 12 nitrogen and oxygen atoms in total. The molecule has 2 heterocycles. The largest absolute Gasteiger partial charge is 0.508 e. The number of aromatic amines is 1. The first-order chi connectivity index (χ1) is 17.2. The quantitative estimate of drug-likeness (QED) is 0.188. The van der Waals surface area contributed by atoms with Gasteiger partial charge in [-0.15, -0.1) is 0 Å². The number of amides is 3. The fraction of sp³-hybridized carbons (Fsp3) is 0.435. The third-order valence-electron chi connectivity index (χ3n) is 5.96. The minimum atomic E-state index is -1.24. The molecule has 1 aromatic carbocycles. The number of rotatable bonds is 11. The van der Waals surface area contributed by atoms with Crippen molar-refractivity contribution in [2.75, 3.05) is 12.3 Å². The van der Waals surface area contributed by atoms with E-state index in [2.05, 4.69) is 33.2 Å². The van der Waals surface area contributed by atoms with Crippen molar-refractivity contribution in [3.8, 4) is 5.75 Å². The van der Waals surface area contributed by atoms with Crippen LogP contribution >= 0.6 is 12.6 Å². The van der Waals surface area contributed by atoms with Crippen LogP contribution in [0, 0.1) is 0 Å². The zero-order valence-electron chi connectivity index (χ0n) is 19.5. The van der Waals surface area contributed by atoms with Gasteiger partial charge in [0.25, 0.3) is 0 Å². The number of aromatic hydroxyl groups is 1. The van der Waals surface area contributed by atoms with Crippen molar-refractivity contribution < 1.29 is 29.4 Å². The van der Waals surface area contributed by atoms with Crippen LogP contribution in [0.2, 0.25) is 0 Å². The Balaban J connectivity index is 1.59. The van der Waals surface area contributed by atoms with Crippen LogP contribution in [0.3, 0.4) is 0 Å². The number of benzene rings is 1. The first-order valence-corrected chi connectivity index (χ1v) is 12.1. The number of imidazole rings is 1. The lowest BCUT2D eigenvalue weighted by Crippen LogP contribution is -2.57. The predicted octanol–water partition coefficient (Wildman–Crippen LogP) is -0.797. The molecule has 3 rings (SSSR count). The maximum Gasteiger partial charge on any atom is 0.326 e. The third-order valence-corrected chi connectivity index (χ3v) is 6.32. The number of H-pyrrole nitrogens is 1. The zero-order chi connectivity index (χ0) is 26.2. The summed E-state index contributed by atoms with van der Waals surface area (Å²) >= 11 is 4.14. The van der Waals surface area contributed by atoms with E-state index in [9.17, 15) is 29.4 Å². The van der Waals surface area contributed by atoms with E-state index in [4.69, 9.17) is 5.73 Å². The number of phenolic OH excluding ortho intramolecular Hbond substituents is 1. The maximum atomic E-state index is 13.0. The topological polar surface area (TPSA) is 191 Å². The first-order valence-electron chi connectivity index (χ1n) is 11.4. The number of likely N-dealkylation sites (tertiary alicyclic amines) is 1. The second kappa shape index (κ2) is 12.4. The van der Waals surface area contributed by atoms with E-state index < -0.39 is 47.9 Å². The lowest BCUT2D eigenvalue weighted by atomic mass is 10.0. The van der Waals surface area contributed by atoms with E-state index >= 15 is 0 Å². The zero-order valence-corrected chi connectivity index (χ0v) is 20.4. The number of hydrogen-bond acceptors (Lipinski definition) is 8. The molecule has 2 aromatic rings. The van der Waals surface area contributed by atoms with E-state index in [0.29, 0.717) is 25.1 Å². The lowest BCUT2D eigenvalue weighted by molar-refractivity contribution is -0.142. The SMILES string of the molecule is NC(Cc1ccc(O)cc1)C(=O)N1CCCC1C(=O)NC(CS)C(=O)NC(Cc1cnc[nH]1)C(=O)O. The van der Waals surface area contributed by atoms with Gasteiger partial charge in [0.2, 0.25) is 17.7 Å². The van der Waals surface area contributed by atoms with Crippen molar-refractivity contribution >= 4 is 36.3 Å². The van der Waals surface area contributed by atoms with Crippen LogP contribution in [0.5, 0.6) is 5.75 Å². The lowest BCUT2D eigenvalue weighted by Gasteiger charge is -2.28. The number of carboxylic acids is 1. The van der Waals surface area contributed by atoms with Crippen LogP contribution in [0.15, 0.2) is 36.8 Å². The molecule has 0 bridgehead atoms. The average Bonchev–Trinajstić information content (AvgIpc) is 3.55. The van der Waals surface area contributed by atoms with Crippen LogP contribution in [-0.4, -0.2) is 85.2 Å². The summed E-state index contributed by atoms with van der Waals surface area (Å²) in [7, 11) is 0. The Kier molecular flexibility index (Phi) is 9.31. The molecule has 36 heavy (non-hydrogen) atoms. The van der Waals surface area contributed by atoms with Crippen molar-refractivity contribution in [3.05, 3.63) is 48.0 Å². The molecule has 0 aliphatic carbocycles. The fourth-order valence-corrected chi connectivity index (χ4v) is 4.30. The smallest absolute Gasteiger partial charge is 0.326 e. The van der Waals surface area contributed by atoms with Crippen molar-refractivity contribution in [1.29, 1.82) is 0 Å². The minimum absolute atomic E-state index is 0.0157. The number of carbonyl (C=O) groups excluding carboxylic acids is 3. The van der Waals surface area contributed by atoms with Gasteiger partial charge in [0.05, 0.1) is 12.4 Å². The highest BCUT2D eigenvalue weighted by atomic mass is 32.1. The van der Waals surface area contributed by atoms with Crippen molar-refractivity contribution in [1.82, 2.24) is 25.5 Å². The fourth-order valence-electron chi connectivity index (χ4n) is 4.04. The molecule has 0 saturated carbocycles. The van der Waals surface area contributed by atoms with Crippen LogP contribution in [0.25, 0.3) is 0 Å². The summed E-state index contributed by atoms with van der Waals surface area (Å²) in [4.78, 5) is 58.4. The van der Waals surface area contributed by atoms with Crippen molar-refractivity contribution in [2.45, 2.75) is 49.9 Å². The van der Waals surface area contributed by atoms with Crippen LogP contribution < -0.4 is 16.4 Å². The van der Waals surface area contributed by atoms with Gasteiger partial charge in [-0.05, 0) is 37.0 Å². The molecule has 1 aromatic heterocycles. The normalized spacial score (nSPS) is 17.7. The van der Waals surface area contributed by atoms with Gasteiger partial charge in [0, 0.05) is 30.6 Å². The molecule has 4 atom stereocenters. The Morgan fingerprint density at radius 1 is 1.17 bits per heavy atom. The molecule has 1 aliphatic rings. The number of carboxylic acid groups (broad SMARTS) is 1. The summed E-state index contributed by atoms with van der Waals surface area (Å²) in [6.07, 6.45) is 4.08. The van der Waals surface area contributed by atoms with Gasteiger partial charge in [-0.3, -0.25) is 14.4 Å². The monoisotopic (exact) mass is 518 g/mol. The summed E-state index contributed by atoms with van der Waals surface area (Å²) < 4.78 is 0. The van der Waals surface area contributed by atoms with Crippen molar-refractivity contribution in [2.24, 2.45) is 5.73 Å². The molecule has 0 spiro atoms. The van der Waals surface area contributed by atoms with Crippen LogP contribution in [-0.2, 0) is 32.0 Å². The molecule has 4 unspecified atom stereocenters. The Labute approximate surface area is 213 Å². The minimum Gasteiger partial charge on any atom is -0.508 e. The van der Waals surface area contributed by atoms with E-state index in [1.165, 1.54) is 29.6 Å². The number of phenols is 1. The van der Waals surface area contributed by atoms with Gasteiger partial charge in [-0.1, -0.05) is 12.1 Å². The summed E-state index contributed by atoms with van der Waals surface area (Å²) in [5.41, 5.74) is 7.41. The third kappa shape index (κ3) is 6.98. The van der Waals surface area contributed by atoms with E-state index in [0.717, 1.165) is 5.56 Å².